The molecule has 1 N–H and O–H groups in total. The van der Waals surface area contributed by atoms with Gasteiger partial charge >= 0.3 is 0 Å². The Balaban J connectivity index is 1.51. The van der Waals surface area contributed by atoms with Crippen LogP contribution >= 0.6 is 22.7 Å². The van der Waals surface area contributed by atoms with Gasteiger partial charge in [0.2, 0.25) is 0 Å². The van der Waals surface area contributed by atoms with E-state index in [-0.39, 0.29) is 17.5 Å². The van der Waals surface area contributed by atoms with Gasteiger partial charge in [0.05, 0.1) is 18.2 Å². The fourth-order valence-corrected chi connectivity index (χ4v) is 6.14. The van der Waals surface area contributed by atoms with Crippen LogP contribution in [0.2, 0.25) is 0 Å². The summed E-state index contributed by atoms with van der Waals surface area (Å²) in [6, 6.07) is 6.50. The highest BCUT2D eigenvalue weighted by molar-refractivity contribution is 7.17. The van der Waals surface area contributed by atoms with E-state index in [4.69, 9.17) is 4.74 Å². The van der Waals surface area contributed by atoms with Gasteiger partial charge in [-0.1, -0.05) is 17.4 Å². The first-order valence-electron chi connectivity index (χ1n) is 11.5. The van der Waals surface area contributed by atoms with Crippen molar-refractivity contribution in [1.82, 2.24) is 20.5 Å². The summed E-state index contributed by atoms with van der Waals surface area (Å²) in [4.78, 5) is 20.2. The summed E-state index contributed by atoms with van der Waals surface area (Å²) in [6.07, 6.45) is 4.14. The predicted molar refractivity (Wildman–Crippen MR) is 138 cm³/mol. The molecule has 7 nitrogen and oxygen atoms in total. The number of piperidine rings is 1. The van der Waals surface area contributed by atoms with Gasteiger partial charge in [0.1, 0.15) is 21.7 Å². The molecular formula is C25H26FN5O2S2. The Morgan fingerprint density at radius 1 is 1.31 bits per heavy atom. The van der Waals surface area contributed by atoms with Crippen LogP contribution in [0, 0.1) is 12.7 Å². The van der Waals surface area contributed by atoms with Crippen molar-refractivity contribution < 1.29 is 13.9 Å². The molecule has 0 unspecified atom stereocenters. The maximum Gasteiger partial charge on any atom is 0.262 e. The van der Waals surface area contributed by atoms with Gasteiger partial charge < -0.3 is 10.1 Å². The summed E-state index contributed by atoms with van der Waals surface area (Å²) < 4.78 is 21.6. The third-order valence-electron chi connectivity index (χ3n) is 6.17. The summed E-state index contributed by atoms with van der Waals surface area (Å²) in [6.45, 7) is 4.11. The third-order valence-corrected chi connectivity index (χ3v) is 8.26. The average molecular weight is 512 g/mol. The highest BCUT2D eigenvalue weighted by Crippen LogP contribution is 2.35. The number of anilines is 1. The lowest BCUT2D eigenvalue weighted by atomic mass is 10.0. The number of carbonyl (C=O) groups is 1. The van der Waals surface area contributed by atoms with E-state index in [1.165, 1.54) is 17.4 Å². The molecule has 35 heavy (non-hydrogen) atoms. The molecule has 1 atom stereocenters. The van der Waals surface area contributed by atoms with E-state index < -0.39 is 5.82 Å². The third kappa shape index (κ3) is 4.84. The lowest BCUT2D eigenvalue weighted by Gasteiger charge is -2.34. The minimum atomic E-state index is -0.580. The molecule has 3 aromatic heterocycles. The second-order valence-corrected chi connectivity index (χ2v) is 10.5. The van der Waals surface area contributed by atoms with E-state index in [9.17, 15) is 4.79 Å². The molecule has 10 heteroatoms. The van der Waals surface area contributed by atoms with Crippen LogP contribution in [-0.4, -0.2) is 53.9 Å². The summed E-state index contributed by atoms with van der Waals surface area (Å²) in [5, 5.41) is 16.2. The zero-order chi connectivity index (χ0) is 24.4. The first kappa shape index (κ1) is 23.9. The van der Waals surface area contributed by atoms with Gasteiger partial charge in [0.25, 0.3) is 5.91 Å². The minimum Gasteiger partial charge on any atom is -0.384 e. The Morgan fingerprint density at radius 2 is 2.20 bits per heavy atom. The monoisotopic (exact) mass is 511 g/mol. The van der Waals surface area contributed by atoms with Crippen molar-refractivity contribution in [3.8, 4) is 10.6 Å². The van der Waals surface area contributed by atoms with Gasteiger partial charge in [-0.05, 0) is 55.5 Å². The number of aromatic nitrogens is 3. The molecule has 1 amide bonds. The van der Waals surface area contributed by atoms with E-state index in [0.29, 0.717) is 36.0 Å². The lowest BCUT2D eigenvalue weighted by molar-refractivity contribution is 0.0968. The van der Waals surface area contributed by atoms with Crippen molar-refractivity contribution in [2.45, 2.75) is 32.2 Å². The molecule has 0 spiro atoms. The fraction of sp³-hybridized carbons (Fsp3) is 0.360. The van der Waals surface area contributed by atoms with Gasteiger partial charge in [-0.3, -0.25) is 9.69 Å². The van der Waals surface area contributed by atoms with Crippen LogP contribution in [0.15, 0.2) is 35.8 Å². The SMILES string of the molecule is COCCc1nnc(-c2ccc(C(=O)N(c3nccc4scc(C)c34)[C@@H]3CCCNC3)c(F)c2)s1. The van der Waals surface area contributed by atoms with Crippen LogP contribution in [0.5, 0.6) is 0 Å². The van der Waals surface area contributed by atoms with Crippen molar-refractivity contribution in [1.29, 1.82) is 0 Å². The number of ether oxygens (including phenoxy) is 1. The van der Waals surface area contributed by atoms with Gasteiger partial charge in [-0.25, -0.2) is 9.37 Å². The van der Waals surface area contributed by atoms with Crippen LogP contribution in [-0.2, 0) is 11.2 Å². The summed E-state index contributed by atoms with van der Waals surface area (Å²) >= 11 is 3.02. The standard InChI is InChI=1S/C25H26FN5O2S2/c1-15-14-34-20-7-10-28-23(22(15)20)31(17-4-3-9-27-13-17)25(32)18-6-5-16(12-19(18)26)24-30-29-21(35-24)8-11-33-2/h5-7,10,12,14,17,27H,3-4,8-9,11,13H2,1-2H3/t17-/m1/s1. The van der Waals surface area contributed by atoms with Crippen LogP contribution in [0.3, 0.4) is 0 Å². The van der Waals surface area contributed by atoms with Crippen molar-refractivity contribution in [2.24, 2.45) is 0 Å². The second kappa shape index (κ2) is 10.4. The Hall–Kier alpha value is -2.79. The Labute approximate surface area is 211 Å². The number of amides is 1. The molecule has 0 saturated carbocycles. The Morgan fingerprint density at radius 3 is 2.97 bits per heavy atom. The molecular weight excluding hydrogens is 485 g/mol. The predicted octanol–water partition coefficient (Wildman–Crippen LogP) is 4.85. The zero-order valence-corrected chi connectivity index (χ0v) is 21.2. The number of nitrogens with one attached hydrogen (secondary N) is 1. The van der Waals surface area contributed by atoms with Crippen molar-refractivity contribution in [2.75, 3.05) is 31.7 Å². The normalized spacial score (nSPS) is 16.0. The number of hydrogen-bond donors (Lipinski definition) is 1. The van der Waals surface area contributed by atoms with Crippen molar-refractivity contribution in [3.63, 3.8) is 0 Å². The number of pyridine rings is 1. The average Bonchev–Trinajstić information content (AvgIpc) is 3.51. The van der Waals surface area contributed by atoms with Crippen molar-refractivity contribution in [3.05, 3.63) is 57.8 Å². The Kier molecular flexibility index (Phi) is 7.14. The van der Waals surface area contributed by atoms with Gasteiger partial charge in [-0.2, -0.15) is 0 Å². The summed E-state index contributed by atoms with van der Waals surface area (Å²) in [7, 11) is 1.63. The number of nitrogens with zero attached hydrogens (tertiary/aromatic N) is 4. The molecule has 0 bridgehead atoms. The molecule has 4 heterocycles. The van der Waals surface area contributed by atoms with Crippen LogP contribution < -0.4 is 10.2 Å². The van der Waals surface area contributed by atoms with Crippen LogP contribution in [0.4, 0.5) is 10.2 Å². The van der Waals surface area contributed by atoms with Crippen molar-refractivity contribution >= 4 is 44.5 Å². The van der Waals surface area contributed by atoms with Gasteiger partial charge in [0.15, 0.2) is 0 Å². The first-order chi connectivity index (χ1) is 17.1. The Bertz CT molecular complexity index is 1350. The number of rotatable bonds is 7. The zero-order valence-electron chi connectivity index (χ0n) is 19.6. The van der Waals surface area contributed by atoms with Gasteiger partial charge in [-0.15, -0.1) is 21.5 Å². The number of benzene rings is 1. The molecule has 5 rings (SSSR count). The number of carbonyl (C=O) groups excluding carboxylic acids is 1. The van der Waals surface area contributed by atoms with E-state index in [2.05, 4.69) is 25.9 Å². The van der Waals surface area contributed by atoms with Gasteiger partial charge in [0, 0.05) is 41.9 Å². The van der Waals surface area contributed by atoms with E-state index >= 15 is 4.39 Å². The second-order valence-electron chi connectivity index (χ2n) is 8.54. The molecule has 1 fully saturated rings. The van der Waals surface area contributed by atoms with Crippen LogP contribution in [0.25, 0.3) is 20.7 Å². The smallest absolute Gasteiger partial charge is 0.262 e. The lowest BCUT2D eigenvalue weighted by Crippen LogP contribution is -2.49. The van der Waals surface area contributed by atoms with Crippen LogP contribution in [0.1, 0.15) is 33.8 Å². The number of hydrogen-bond acceptors (Lipinski definition) is 8. The molecule has 4 aromatic rings. The fourth-order valence-electron chi connectivity index (χ4n) is 4.40. The molecule has 1 aliphatic heterocycles. The molecule has 182 valence electrons. The number of methoxy groups -OCH3 is 1. The molecule has 0 aliphatic carbocycles. The number of fused-ring (bicyclic) bond motifs is 1. The number of aryl methyl sites for hydroxylation is 1. The quantitative estimate of drug-likeness (QED) is 0.382. The summed E-state index contributed by atoms with van der Waals surface area (Å²) in [5.74, 6) is -0.370. The topological polar surface area (TPSA) is 80.2 Å². The largest absolute Gasteiger partial charge is 0.384 e. The maximum atomic E-state index is 15.4. The summed E-state index contributed by atoms with van der Waals surface area (Å²) in [5.41, 5.74) is 1.68. The highest BCUT2D eigenvalue weighted by atomic mass is 32.1. The minimum absolute atomic E-state index is 0.0233. The first-order valence-corrected chi connectivity index (χ1v) is 13.2. The molecule has 0 radical (unpaired) electrons. The molecule has 1 saturated heterocycles. The number of thiophene rings is 1. The molecule has 1 aliphatic rings. The van der Waals surface area contributed by atoms with E-state index in [0.717, 1.165) is 40.0 Å². The highest BCUT2D eigenvalue weighted by Gasteiger charge is 2.32. The maximum absolute atomic E-state index is 15.4. The van der Waals surface area contributed by atoms with E-state index in [1.807, 2.05) is 13.0 Å². The van der Waals surface area contributed by atoms with E-state index in [1.54, 1.807) is 41.7 Å². The number of halogens is 1. The molecule has 1 aromatic carbocycles.